The van der Waals surface area contributed by atoms with Gasteiger partial charge >= 0.3 is 18.0 Å². The Hall–Kier alpha value is -4.48. The molecule has 0 saturated carbocycles. The van der Waals surface area contributed by atoms with Crippen LogP contribution in [-0.4, -0.2) is 66.6 Å². The summed E-state index contributed by atoms with van der Waals surface area (Å²) in [5, 5.41) is 13.7. The average molecular weight is 528 g/mol. The van der Waals surface area contributed by atoms with E-state index in [1.54, 1.807) is 0 Å². The van der Waals surface area contributed by atoms with E-state index < -0.39 is 46.9 Å². The van der Waals surface area contributed by atoms with Crippen molar-refractivity contribution in [2.45, 2.75) is 43.9 Å². The smallest absolute Gasteiger partial charge is 0.410 e. The standard InChI is InChI=1S/C26H29N3O9/c1-36-22(30)15-20(18-10-12-19(13-11-18)29(34)35)23(25(32)37-2)27-24(31)21-9-6-14-28(21)26(33)38-16-17-7-4-3-5-8-17/h3-5,7-8,10-13,20-21,23H,6,9,14-16H2,1-2H3,(H,27,31)/t20-,21-,23+/m1/s1. The molecule has 3 rings (SSSR count). The first-order chi connectivity index (χ1) is 18.2. The van der Waals surface area contributed by atoms with E-state index in [0.717, 1.165) is 12.7 Å². The monoisotopic (exact) mass is 527 g/mol. The fourth-order valence-electron chi connectivity index (χ4n) is 4.29. The quantitative estimate of drug-likeness (QED) is 0.212. The number of esters is 2. The van der Waals surface area contributed by atoms with Crippen LogP contribution in [0.25, 0.3) is 0 Å². The minimum Gasteiger partial charge on any atom is -0.469 e. The third-order valence-corrected chi connectivity index (χ3v) is 6.30. The minimum atomic E-state index is -1.34. The van der Waals surface area contributed by atoms with Gasteiger partial charge in [0.1, 0.15) is 18.7 Å². The predicted molar refractivity (Wildman–Crippen MR) is 133 cm³/mol. The first-order valence-corrected chi connectivity index (χ1v) is 11.9. The van der Waals surface area contributed by atoms with Gasteiger partial charge in [0, 0.05) is 24.6 Å². The van der Waals surface area contributed by atoms with Gasteiger partial charge in [-0.1, -0.05) is 42.5 Å². The van der Waals surface area contributed by atoms with Crippen LogP contribution in [0.4, 0.5) is 10.5 Å². The zero-order valence-electron chi connectivity index (χ0n) is 21.0. The number of carbonyl (C=O) groups excluding carboxylic acids is 4. The molecule has 3 atom stereocenters. The van der Waals surface area contributed by atoms with Gasteiger partial charge < -0.3 is 19.5 Å². The molecule has 0 aromatic heterocycles. The molecule has 1 fully saturated rings. The maximum atomic E-state index is 13.3. The number of ether oxygens (including phenoxy) is 3. The molecule has 1 aliphatic rings. The van der Waals surface area contributed by atoms with Crippen LogP contribution in [0.5, 0.6) is 0 Å². The number of nitrogens with one attached hydrogen (secondary N) is 1. The molecular formula is C26H29N3O9. The van der Waals surface area contributed by atoms with Crippen molar-refractivity contribution >= 4 is 29.6 Å². The van der Waals surface area contributed by atoms with Gasteiger partial charge in [0.15, 0.2) is 0 Å². The molecule has 2 aromatic rings. The van der Waals surface area contributed by atoms with Crippen molar-refractivity contribution in [1.82, 2.24) is 10.2 Å². The van der Waals surface area contributed by atoms with Gasteiger partial charge in [0.25, 0.3) is 5.69 Å². The van der Waals surface area contributed by atoms with Gasteiger partial charge in [-0.15, -0.1) is 0 Å². The Morgan fingerprint density at radius 1 is 1.05 bits per heavy atom. The molecular weight excluding hydrogens is 498 g/mol. The molecule has 0 bridgehead atoms. The number of hydrogen-bond donors (Lipinski definition) is 1. The van der Waals surface area contributed by atoms with Gasteiger partial charge in [-0.2, -0.15) is 0 Å². The highest BCUT2D eigenvalue weighted by molar-refractivity contribution is 5.91. The number of likely N-dealkylation sites (tertiary alicyclic amines) is 1. The number of hydrogen-bond acceptors (Lipinski definition) is 9. The van der Waals surface area contributed by atoms with E-state index in [9.17, 15) is 29.3 Å². The van der Waals surface area contributed by atoms with E-state index in [1.807, 2.05) is 30.3 Å². The molecule has 0 unspecified atom stereocenters. The van der Waals surface area contributed by atoms with Crippen LogP contribution in [0.15, 0.2) is 54.6 Å². The molecule has 1 aliphatic heterocycles. The minimum absolute atomic E-state index is 0.0383. The first-order valence-electron chi connectivity index (χ1n) is 11.9. The normalized spacial score (nSPS) is 16.2. The second-order valence-corrected chi connectivity index (χ2v) is 8.64. The van der Waals surface area contributed by atoms with Crippen molar-refractivity contribution in [3.8, 4) is 0 Å². The topological polar surface area (TPSA) is 154 Å². The van der Waals surface area contributed by atoms with E-state index in [-0.39, 0.29) is 18.7 Å². The van der Waals surface area contributed by atoms with E-state index in [0.29, 0.717) is 24.9 Å². The van der Waals surface area contributed by atoms with E-state index in [4.69, 9.17) is 14.2 Å². The molecule has 2 amide bonds. The summed E-state index contributed by atoms with van der Waals surface area (Å²) in [6, 6.07) is 12.1. The van der Waals surface area contributed by atoms with Gasteiger partial charge in [0.05, 0.1) is 25.6 Å². The zero-order valence-corrected chi connectivity index (χ0v) is 21.0. The van der Waals surface area contributed by atoms with Gasteiger partial charge in [-0.25, -0.2) is 9.59 Å². The fourth-order valence-corrected chi connectivity index (χ4v) is 4.29. The summed E-state index contributed by atoms with van der Waals surface area (Å²) in [5.41, 5.74) is 0.989. The van der Waals surface area contributed by atoms with Crippen LogP contribution in [0.2, 0.25) is 0 Å². The zero-order chi connectivity index (χ0) is 27.7. The average Bonchev–Trinajstić information content (AvgIpc) is 3.44. The maximum absolute atomic E-state index is 13.3. The van der Waals surface area contributed by atoms with Gasteiger partial charge in [-0.3, -0.25) is 24.6 Å². The largest absolute Gasteiger partial charge is 0.469 e. The lowest BCUT2D eigenvalue weighted by molar-refractivity contribution is -0.384. The number of benzene rings is 2. The third-order valence-electron chi connectivity index (χ3n) is 6.30. The molecule has 1 heterocycles. The number of nitro groups is 1. The van der Waals surface area contributed by atoms with Crippen molar-refractivity contribution < 1.29 is 38.3 Å². The Kier molecular flexibility index (Phi) is 9.74. The summed E-state index contributed by atoms with van der Waals surface area (Å²) in [6.45, 7) is 0.333. The highest BCUT2D eigenvalue weighted by atomic mass is 16.6. The van der Waals surface area contributed by atoms with Gasteiger partial charge in [-0.05, 0) is 24.0 Å². The van der Waals surface area contributed by atoms with Gasteiger partial charge in [0.2, 0.25) is 5.91 Å². The van der Waals surface area contributed by atoms with Crippen molar-refractivity contribution in [3.05, 3.63) is 75.8 Å². The third kappa shape index (κ3) is 7.05. The lowest BCUT2D eigenvalue weighted by Gasteiger charge is -2.29. The highest BCUT2D eigenvalue weighted by Crippen LogP contribution is 2.28. The molecule has 0 aliphatic carbocycles. The SMILES string of the molecule is COC(=O)C[C@H](c1ccc([N+](=O)[O-])cc1)[C@H](NC(=O)[C@H]1CCCN1C(=O)OCc1ccccc1)C(=O)OC. The molecule has 1 saturated heterocycles. The number of non-ortho nitro benzene ring substituents is 1. The summed E-state index contributed by atoms with van der Waals surface area (Å²) < 4.78 is 15.0. The number of methoxy groups -OCH3 is 2. The van der Waals surface area contributed by atoms with Crippen molar-refractivity contribution in [3.63, 3.8) is 0 Å². The summed E-state index contributed by atoms with van der Waals surface area (Å²) in [7, 11) is 2.31. The van der Waals surface area contributed by atoms with E-state index in [2.05, 4.69) is 5.32 Å². The van der Waals surface area contributed by atoms with Crippen LogP contribution in [0.1, 0.15) is 36.3 Å². The van der Waals surface area contributed by atoms with Crippen LogP contribution >= 0.6 is 0 Å². The number of nitro benzene ring substituents is 1. The van der Waals surface area contributed by atoms with Crippen molar-refractivity contribution in [2.75, 3.05) is 20.8 Å². The van der Waals surface area contributed by atoms with Crippen molar-refractivity contribution in [1.29, 1.82) is 0 Å². The Bertz CT molecular complexity index is 1150. The Morgan fingerprint density at radius 2 is 1.74 bits per heavy atom. The first kappa shape index (κ1) is 28.1. The highest BCUT2D eigenvalue weighted by Gasteiger charge is 2.40. The molecule has 2 aromatic carbocycles. The molecule has 38 heavy (non-hydrogen) atoms. The second-order valence-electron chi connectivity index (χ2n) is 8.64. The lowest BCUT2D eigenvalue weighted by atomic mass is 9.88. The molecule has 0 radical (unpaired) electrons. The summed E-state index contributed by atoms with van der Waals surface area (Å²) in [5.74, 6) is -3.07. The van der Waals surface area contributed by atoms with Crippen LogP contribution in [-0.2, 0) is 35.2 Å². The van der Waals surface area contributed by atoms with Crippen LogP contribution in [0, 0.1) is 10.1 Å². The van der Waals surface area contributed by atoms with Crippen LogP contribution in [0.3, 0.4) is 0 Å². The Balaban J connectivity index is 1.80. The molecule has 12 heteroatoms. The fraction of sp³-hybridized carbons (Fsp3) is 0.385. The number of nitrogens with zero attached hydrogens (tertiary/aromatic N) is 2. The molecule has 1 N–H and O–H groups in total. The van der Waals surface area contributed by atoms with Crippen molar-refractivity contribution in [2.24, 2.45) is 0 Å². The molecule has 12 nitrogen and oxygen atoms in total. The summed E-state index contributed by atoms with van der Waals surface area (Å²) in [4.78, 5) is 62.8. The number of amides is 2. The number of carbonyl (C=O) groups is 4. The Labute approximate surface area is 219 Å². The predicted octanol–water partition coefficient (Wildman–Crippen LogP) is 2.70. The van der Waals surface area contributed by atoms with E-state index in [1.165, 1.54) is 36.3 Å². The van der Waals surface area contributed by atoms with Crippen LogP contribution < -0.4 is 5.32 Å². The summed E-state index contributed by atoms with van der Waals surface area (Å²) in [6.07, 6.45) is -0.0843. The van der Waals surface area contributed by atoms with E-state index >= 15 is 0 Å². The second kappa shape index (κ2) is 13.2. The molecule has 202 valence electrons. The number of rotatable bonds is 10. The molecule has 0 spiro atoms. The maximum Gasteiger partial charge on any atom is 0.410 e. The lowest BCUT2D eigenvalue weighted by Crippen LogP contribution is -2.53. The Morgan fingerprint density at radius 3 is 2.34 bits per heavy atom. The summed E-state index contributed by atoms with van der Waals surface area (Å²) >= 11 is 0.